The van der Waals surface area contributed by atoms with Gasteiger partial charge in [-0.3, -0.25) is 0 Å². The van der Waals surface area contributed by atoms with Gasteiger partial charge in [-0.1, -0.05) is 30.3 Å². The summed E-state index contributed by atoms with van der Waals surface area (Å²) >= 11 is 0. The van der Waals surface area contributed by atoms with Crippen molar-refractivity contribution in [3.8, 4) is 5.75 Å². The first kappa shape index (κ1) is 14.3. The zero-order chi connectivity index (χ0) is 15.0. The third-order valence-electron chi connectivity index (χ3n) is 3.40. The Hall–Kier alpha value is -2.68. The summed E-state index contributed by atoms with van der Waals surface area (Å²) in [5.41, 5.74) is 2.34. The molecule has 22 heavy (non-hydrogen) atoms. The molecule has 0 unspecified atom stereocenters. The molecule has 0 bridgehead atoms. The first-order valence-corrected chi connectivity index (χ1v) is 7.43. The lowest BCUT2D eigenvalue weighted by atomic mass is 10.2. The number of rotatable bonds is 7. The second-order valence-corrected chi connectivity index (χ2v) is 5.04. The fraction of sp³-hybridized carbons (Fsp3) is 0.158. The molecule has 0 aliphatic rings. The normalized spacial score (nSPS) is 10.4. The van der Waals surface area contributed by atoms with Gasteiger partial charge in [0.25, 0.3) is 0 Å². The number of ether oxygens (including phenoxy) is 1. The smallest absolute Gasteiger partial charge is 0.122 e. The lowest BCUT2D eigenvalue weighted by molar-refractivity contribution is 0.322. The summed E-state index contributed by atoms with van der Waals surface area (Å²) in [4.78, 5) is 0. The Balaban J connectivity index is 1.45. The summed E-state index contributed by atoms with van der Waals surface area (Å²) in [6, 6.07) is 22.2. The van der Waals surface area contributed by atoms with Gasteiger partial charge in [0.15, 0.2) is 0 Å². The first-order chi connectivity index (χ1) is 10.9. The quantitative estimate of drug-likeness (QED) is 0.696. The number of anilines is 1. The Morgan fingerprint density at radius 2 is 1.68 bits per heavy atom. The molecular weight excluding hydrogens is 274 g/mol. The summed E-state index contributed by atoms with van der Waals surface area (Å²) in [7, 11) is 0. The molecule has 3 nitrogen and oxygen atoms in total. The van der Waals surface area contributed by atoms with Gasteiger partial charge < -0.3 is 14.5 Å². The predicted octanol–water partition coefficient (Wildman–Crippen LogP) is 4.51. The van der Waals surface area contributed by atoms with Crippen molar-refractivity contribution in [2.75, 3.05) is 11.9 Å². The topological polar surface area (TPSA) is 34.4 Å². The largest absolute Gasteiger partial charge is 0.493 e. The zero-order valence-electron chi connectivity index (χ0n) is 12.4. The molecule has 0 saturated heterocycles. The van der Waals surface area contributed by atoms with Crippen molar-refractivity contribution in [3.63, 3.8) is 0 Å². The third kappa shape index (κ3) is 4.16. The van der Waals surface area contributed by atoms with Crippen LogP contribution >= 0.6 is 0 Å². The van der Waals surface area contributed by atoms with Crippen molar-refractivity contribution in [3.05, 3.63) is 84.3 Å². The van der Waals surface area contributed by atoms with Crippen molar-refractivity contribution in [2.24, 2.45) is 0 Å². The molecule has 1 N–H and O–H groups in total. The molecule has 1 aromatic heterocycles. The molecule has 0 atom stereocenters. The van der Waals surface area contributed by atoms with Gasteiger partial charge >= 0.3 is 0 Å². The molecule has 3 rings (SSSR count). The zero-order valence-corrected chi connectivity index (χ0v) is 12.4. The van der Waals surface area contributed by atoms with Gasteiger partial charge in [0.05, 0.1) is 19.4 Å². The minimum atomic E-state index is 0.682. The molecule has 3 heteroatoms. The molecule has 3 aromatic rings. The summed E-state index contributed by atoms with van der Waals surface area (Å²) in [6.07, 6.45) is 2.60. The molecule has 0 aliphatic carbocycles. The van der Waals surface area contributed by atoms with Crippen LogP contribution in [0.25, 0.3) is 0 Å². The number of hydrogen-bond donors (Lipinski definition) is 1. The highest BCUT2D eigenvalue weighted by atomic mass is 16.5. The van der Waals surface area contributed by atoms with Crippen molar-refractivity contribution in [2.45, 2.75) is 13.0 Å². The van der Waals surface area contributed by atoms with Crippen molar-refractivity contribution < 1.29 is 9.15 Å². The van der Waals surface area contributed by atoms with Gasteiger partial charge in [0, 0.05) is 12.1 Å². The molecule has 2 aromatic carbocycles. The van der Waals surface area contributed by atoms with E-state index < -0.39 is 0 Å². The first-order valence-electron chi connectivity index (χ1n) is 7.43. The fourth-order valence-electron chi connectivity index (χ4n) is 2.20. The Kier molecular flexibility index (Phi) is 4.77. The van der Waals surface area contributed by atoms with Crippen molar-refractivity contribution in [1.29, 1.82) is 0 Å². The second kappa shape index (κ2) is 7.36. The number of furan rings is 1. The number of hydrogen-bond acceptors (Lipinski definition) is 3. The van der Waals surface area contributed by atoms with E-state index in [1.165, 1.54) is 5.56 Å². The van der Waals surface area contributed by atoms with E-state index in [9.17, 15) is 0 Å². The monoisotopic (exact) mass is 293 g/mol. The minimum absolute atomic E-state index is 0.682. The van der Waals surface area contributed by atoms with Gasteiger partial charge in [-0.15, -0.1) is 0 Å². The maximum Gasteiger partial charge on any atom is 0.122 e. The SMILES string of the molecule is c1ccc(CCOc2ccc(NCc3ccco3)cc2)cc1. The van der Waals surface area contributed by atoms with Gasteiger partial charge in [0.1, 0.15) is 11.5 Å². The average molecular weight is 293 g/mol. The maximum atomic E-state index is 5.77. The van der Waals surface area contributed by atoms with Crippen molar-refractivity contribution >= 4 is 5.69 Å². The Morgan fingerprint density at radius 3 is 2.41 bits per heavy atom. The van der Waals surface area contributed by atoms with Crippen molar-refractivity contribution in [1.82, 2.24) is 0 Å². The Morgan fingerprint density at radius 1 is 0.864 bits per heavy atom. The van der Waals surface area contributed by atoms with Gasteiger partial charge in [-0.25, -0.2) is 0 Å². The van der Waals surface area contributed by atoms with E-state index in [1.54, 1.807) is 6.26 Å². The lowest BCUT2D eigenvalue weighted by Crippen LogP contribution is -2.01. The van der Waals surface area contributed by atoms with Crippen LogP contribution in [0.2, 0.25) is 0 Å². The van der Waals surface area contributed by atoms with Crippen LogP contribution in [0.15, 0.2) is 77.4 Å². The van der Waals surface area contributed by atoms with E-state index in [2.05, 4.69) is 29.6 Å². The molecule has 0 saturated carbocycles. The van der Waals surface area contributed by atoms with E-state index in [0.29, 0.717) is 13.2 Å². The van der Waals surface area contributed by atoms with Crippen LogP contribution in [-0.4, -0.2) is 6.61 Å². The summed E-state index contributed by atoms with van der Waals surface area (Å²) in [6.45, 7) is 1.37. The fourth-order valence-corrected chi connectivity index (χ4v) is 2.20. The Bertz CT molecular complexity index is 660. The predicted molar refractivity (Wildman–Crippen MR) is 88.1 cm³/mol. The molecular formula is C19H19NO2. The molecule has 112 valence electrons. The van der Waals surface area contributed by atoms with Crippen LogP contribution in [0.5, 0.6) is 5.75 Å². The second-order valence-electron chi connectivity index (χ2n) is 5.04. The van der Waals surface area contributed by atoms with E-state index >= 15 is 0 Å². The summed E-state index contributed by atoms with van der Waals surface area (Å²) < 4.78 is 11.1. The minimum Gasteiger partial charge on any atom is -0.493 e. The number of nitrogens with one attached hydrogen (secondary N) is 1. The molecule has 0 aliphatic heterocycles. The molecule has 1 heterocycles. The van der Waals surface area contributed by atoms with E-state index in [4.69, 9.17) is 9.15 Å². The number of benzene rings is 2. The Labute approximate surface area is 130 Å². The lowest BCUT2D eigenvalue weighted by Gasteiger charge is -2.08. The highest BCUT2D eigenvalue weighted by molar-refractivity contribution is 5.46. The molecule has 0 fully saturated rings. The van der Waals surface area contributed by atoms with Crippen LogP contribution in [-0.2, 0) is 13.0 Å². The summed E-state index contributed by atoms with van der Waals surface area (Å²) in [5.74, 6) is 1.81. The van der Waals surface area contributed by atoms with E-state index in [-0.39, 0.29) is 0 Å². The van der Waals surface area contributed by atoms with Gasteiger partial charge in [0.2, 0.25) is 0 Å². The van der Waals surface area contributed by atoms with Crippen LogP contribution < -0.4 is 10.1 Å². The standard InChI is InChI=1S/C19H19NO2/c1-2-5-16(6-3-1)12-14-22-18-10-8-17(9-11-18)20-15-19-7-4-13-21-19/h1-11,13,20H,12,14-15H2. The maximum absolute atomic E-state index is 5.77. The molecule has 0 amide bonds. The molecule has 0 radical (unpaired) electrons. The highest BCUT2D eigenvalue weighted by Crippen LogP contribution is 2.17. The average Bonchev–Trinajstić information content (AvgIpc) is 3.09. The molecule has 0 spiro atoms. The van der Waals surface area contributed by atoms with E-state index in [1.807, 2.05) is 42.5 Å². The van der Waals surface area contributed by atoms with Gasteiger partial charge in [-0.05, 0) is 42.0 Å². The third-order valence-corrected chi connectivity index (χ3v) is 3.40. The van der Waals surface area contributed by atoms with E-state index in [0.717, 1.165) is 23.6 Å². The van der Waals surface area contributed by atoms with Crippen LogP contribution in [0.3, 0.4) is 0 Å². The van der Waals surface area contributed by atoms with Crippen LogP contribution in [0.1, 0.15) is 11.3 Å². The summed E-state index contributed by atoms with van der Waals surface area (Å²) in [5, 5.41) is 3.31. The highest BCUT2D eigenvalue weighted by Gasteiger charge is 1.98. The van der Waals surface area contributed by atoms with Crippen LogP contribution in [0, 0.1) is 0 Å². The van der Waals surface area contributed by atoms with Crippen LogP contribution in [0.4, 0.5) is 5.69 Å². The van der Waals surface area contributed by atoms with Gasteiger partial charge in [-0.2, -0.15) is 0 Å².